The number of hydrogen-bond acceptors (Lipinski definition) is 3. The van der Waals surface area contributed by atoms with E-state index in [4.69, 9.17) is 16.0 Å². The normalized spacial score (nSPS) is 11.2. The summed E-state index contributed by atoms with van der Waals surface area (Å²) in [4.78, 5) is 16.4. The molecule has 1 heterocycles. The number of carbonyl (C=O) groups is 1. The van der Waals surface area contributed by atoms with Crippen molar-refractivity contribution in [3.8, 4) is 22.6 Å². The van der Waals surface area contributed by atoms with E-state index in [0.717, 1.165) is 39.3 Å². The van der Waals surface area contributed by atoms with Crippen LogP contribution in [0, 0.1) is 0 Å². The molecular weight excluding hydrogens is 370 g/mol. The zero-order chi connectivity index (χ0) is 19.1. The molecule has 0 aliphatic carbocycles. The molecule has 0 aliphatic rings. The molecule has 3 nitrogen and oxygen atoms in total. The highest BCUT2D eigenvalue weighted by molar-refractivity contribution is 6.31. The second kappa shape index (κ2) is 6.63. The average Bonchev–Trinajstić information content (AvgIpc) is 3.18. The molecule has 5 rings (SSSR count). The lowest BCUT2D eigenvalue weighted by Gasteiger charge is -2.10. The highest BCUT2D eigenvalue weighted by Crippen LogP contribution is 2.38. The first-order valence-corrected chi connectivity index (χ1v) is 9.25. The Morgan fingerprint density at radius 2 is 1.75 bits per heavy atom. The van der Waals surface area contributed by atoms with E-state index in [1.165, 1.54) is 0 Å². The third-order valence-corrected chi connectivity index (χ3v) is 5.08. The summed E-state index contributed by atoms with van der Waals surface area (Å²) in [5.41, 5.74) is 4.57. The molecule has 4 aromatic carbocycles. The van der Waals surface area contributed by atoms with Gasteiger partial charge in [0.1, 0.15) is 5.52 Å². The highest BCUT2D eigenvalue weighted by atomic mass is 35.5. The van der Waals surface area contributed by atoms with Gasteiger partial charge in [-0.05, 0) is 41.1 Å². The molecule has 0 saturated heterocycles. The maximum Gasteiger partial charge on any atom is 0.227 e. The van der Waals surface area contributed by atoms with Crippen molar-refractivity contribution in [1.29, 1.82) is 0 Å². The number of fused-ring (bicyclic) bond motifs is 2. The number of aromatic nitrogens is 1. The Labute approximate surface area is 166 Å². The Morgan fingerprint density at radius 3 is 2.57 bits per heavy atom. The van der Waals surface area contributed by atoms with Gasteiger partial charge in [-0.2, -0.15) is 0 Å². The summed E-state index contributed by atoms with van der Waals surface area (Å²) in [6.45, 7) is 0. The Kier molecular flexibility index (Phi) is 3.96. The van der Waals surface area contributed by atoms with Gasteiger partial charge >= 0.3 is 0 Å². The quantitative estimate of drug-likeness (QED) is 0.322. The number of rotatable bonds is 3. The summed E-state index contributed by atoms with van der Waals surface area (Å²) in [6, 6.07) is 25.0. The summed E-state index contributed by atoms with van der Waals surface area (Å²) in [7, 11) is 0. The standard InChI is InChI=1S/C24H14ClNO2/c25-18-11-12-19-16(13-18)9-10-17(14-27)22(19)20-7-4-8-21-23(20)28-24(26-21)15-5-2-1-3-6-15/h1-14H. The maximum absolute atomic E-state index is 11.8. The molecule has 0 amide bonds. The minimum absolute atomic E-state index is 0.555. The van der Waals surface area contributed by atoms with E-state index in [1.54, 1.807) is 0 Å². The van der Waals surface area contributed by atoms with Gasteiger partial charge in [0, 0.05) is 27.3 Å². The van der Waals surface area contributed by atoms with Gasteiger partial charge in [0.2, 0.25) is 5.89 Å². The van der Waals surface area contributed by atoms with Crippen LogP contribution < -0.4 is 0 Å². The third-order valence-electron chi connectivity index (χ3n) is 4.85. The largest absolute Gasteiger partial charge is 0.435 e. The van der Waals surface area contributed by atoms with E-state index in [2.05, 4.69) is 4.98 Å². The monoisotopic (exact) mass is 383 g/mol. The molecule has 5 aromatic rings. The smallest absolute Gasteiger partial charge is 0.227 e. The highest BCUT2D eigenvalue weighted by Gasteiger charge is 2.17. The number of aldehydes is 1. The third kappa shape index (κ3) is 2.68. The van der Waals surface area contributed by atoms with Crippen LogP contribution >= 0.6 is 11.6 Å². The average molecular weight is 384 g/mol. The Balaban J connectivity index is 1.83. The fraction of sp³-hybridized carbons (Fsp3) is 0. The van der Waals surface area contributed by atoms with Crippen LogP contribution in [0.3, 0.4) is 0 Å². The summed E-state index contributed by atoms with van der Waals surface area (Å²) in [6.07, 6.45) is 0.872. The lowest BCUT2D eigenvalue weighted by atomic mass is 9.93. The van der Waals surface area contributed by atoms with Gasteiger partial charge < -0.3 is 4.42 Å². The Hall–Kier alpha value is -3.43. The molecule has 0 bridgehead atoms. The van der Waals surface area contributed by atoms with Crippen LogP contribution in [0.25, 0.3) is 44.5 Å². The molecule has 0 N–H and O–H groups in total. The summed E-state index contributed by atoms with van der Waals surface area (Å²) in [5, 5.41) is 2.56. The maximum atomic E-state index is 11.8. The van der Waals surface area contributed by atoms with Gasteiger partial charge in [-0.1, -0.05) is 60.1 Å². The van der Waals surface area contributed by atoms with Crippen molar-refractivity contribution in [3.63, 3.8) is 0 Å². The van der Waals surface area contributed by atoms with Crippen LogP contribution in [-0.2, 0) is 0 Å². The molecule has 0 saturated carbocycles. The van der Waals surface area contributed by atoms with Crippen molar-refractivity contribution >= 4 is 39.8 Å². The van der Waals surface area contributed by atoms with E-state index < -0.39 is 0 Å². The Morgan fingerprint density at radius 1 is 0.893 bits per heavy atom. The minimum Gasteiger partial charge on any atom is -0.435 e. The molecule has 0 fully saturated rings. The number of carbonyl (C=O) groups excluding carboxylic acids is 1. The van der Waals surface area contributed by atoms with Crippen LogP contribution in [0.1, 0.15) is 10.4 Å². The van der Waals surface area contributed by atoms with Crippen molar-refractivity contribution < 1.29 is 9.21 Å². The van der Waals surface area contributed by atoms with E-state index in [0.29, 0.717) is 22.1 Å². The molecular formula is C24H14ClNO2. The molecule has 134 valence electrons. The van der Waals surface area contributed by atoms with Crippen molar-refractivity contribution in [2.75, 3.05) is 0 Å². The predicted molar refractivity (Wildman–Crippen MR) is 113 cm³/mol. The number of para-hydroxylation sites is 1. The van der Waals surface area contributed by atoms with E-state index in [1.807, 2.05) is 78.9 Å². The van der Waals surface area contributed by atoms with Crippen molar-refractivity contribution in [2.45, 2.75) is 0 Å². The molecule has 0 atom stereocenters. The first-order valence-electron chi connectivity index (χ1n) is 8.87. The first kappa shape index (κ1) is 16.7. The first-order chi connectivity index (χ1) is 13.7. The van der Waals surface area contributed by atoms with Crippen LogP contribution in [0.4, 0.5) is 0 Å². The number of oxazole rings is 1. The van der Waals surface area contributed by atoms with Gasteiger partial charge in [0.05, 0.1) is 0 Å². The zero-order valence-corrected chi connectivity index (χ0v) is 15.5. The van der Waals surface area contributed by atoms with E-state index >= 15 is 0 Å². The second-order valence-electron chi connectivity index (χ2n) is 6.55. The number of benzene rings is 4. The van der Waals surface area contributed by atoms with Crippen molar-refractivity contribution in [1.82, 2.24) is 4.98 Å². The minimum atomic E-state index is 0.555. The molecule has 1 aromatic heterocycles. The Bertz CT molecular complexity index is 1340. The van der Waals surface area contributed by atoms with Crippen LogP contribution in [0.2, 0.25) is 5.02 Å². The van der Waals surface area contributed by atoms with Crippen LogP contribution in [-0.4, -0.2) is 11.3 Å². The lowest BCUT2D eigenvalue weighted by Crippen LogP contribution is -1.90. The van der Waals surface area contributed by atoms with Gasteiger partial charge in [-0.25, -0.2) is 4.98 Å². The number of nitrogens with zero attached hydrogens (tertiary/aromatic N) is 1. The zero-order valence-electron chi connectivity index (χ0n) is 14.7. The van der Waals surface area contributed by atoms with Gasteiger partial charge in [-0.15, -0.1) is 0 Å². The van der Waals surface area contributed by atoms with Crippen LogP contribution in [0.15, 0.2) is 83.3 Å². The van der Waals surface area contributed by atoms with Crippen molar-refractivity contribution in [3.05, 3.63) is 89.4 Å². The fourth-order valence-corrected chi connectivity index (χ4v) is 3.75. The molecule has 28 heavy (non-hydrogen) atoms. The molecule has 0 spiro atoms. The van der Waals surface area contributed by atoms with E-state index in [-0.39, 0.29) is 0 Å². The van der Waals surface area contributed by atoms with Crippen molar-refractivity contribution in [2.24, 2.45) is 0 Å². The van der Waals surface area contributed by atoms with Gasteiger partial charge in [0.15, 0.2) is 11.9 Å². The van der Waals surface area contributed by atoms with Gasteiger partial charge in [0.25, 0.3) is 0 Å². The van der Waals surface area contributed by atoms with Gasteiger partial charge in [-0.3, -0.25) is 4.79 Å². The molecule has 0 radical (unpaired) electrons. The number of halogens is 1. The van der Waals surface area contributed by atoms with E-state index in [9.17, 15) is 4.79 Å². The fourth-order valence-electron chi connectivity index (χ4n) is 3.57. The summed E-state index contributed by atoms with van der Waals surface area (Å²) >= 11 is 6.16. The molecule has 4 heteroatoms. The summed E-state index contributed by atoms with van der Waals surface area (Å²) in [5.74, 6) is 0.555. The van der Waals surface area contributed by atoms with Crippen LogP contribution in [0.5, 0.6) is 0 Å². The SMILES string of the molecule is O=Cc1ccc2cc(Cl)ccc2c1-c1cccc2nc(-c3ccccc3)oc12. The second-order valence-corrected chi connectivity index (χ2v) is 6.99. The summed E-state index contributed by atoms with van der Waals surface area (Å²) < 4.78 is 6.16. The molecule has 0 aliphatic heterocycles. The predicted octanol–water partition coefficient (Wildman–Crippen LogP) is 6.78. The topological polar surface area (TPSA) is 43.1 Å². The molecule has 0 unspecified atom stereocenters. The number of hydrogen-bond donors (Lipinski definition) is 0. The lowest BCUT2D eigenvalue weighted by molar-refractivity contribution is 0.112.